The van der Waals surface area contributed by atoms with Gasteiger partial charge in [0.1, 0.15) is 24.1 Å². The van der Waals surface area contributed by atoms with Crippen molar-refractivity contribution >= 4 is 27.5 Å². The highest BCUT2D eigenvalue weighted by molar-refractivity contribution is 7.92. The fourth-order valence-corrected chi connectivity index (χ4v) is 6.62. The molecule has 0 spiro atoms. The normalized spacial score (nSPS) is 11.9. The minimum atomic E-state index is -4.26. The van der Waals surface area contributed by atoms with Crippen molar-refractivity contribution in [3.63, 3.8) is 0 Å². The van der Waals surface area contributed by atoms with Crippen molar-refractivity contribution in [3.8, 4) is 11.5 Å². The number of ether oxygens (including phenoxy) is 2. The van der Waals surface area contributed by atoms with Crippen LogP contribution in [0.2, 0.25) is 0 Å². The molecule has 1 atom stereocenters. The van der Waals surface area contributed by atoms with Gasteiger partial charge in [0, 0.05) is 19.0 Å². The molecule has 0 saturated carbocycles. The summed E-state index contributed by atoms with van der Waals surface area (Å²) >= 11 is 0. The fourth-order valence-electron chi connectivity index (χ4n) is 5.19. The first-order valence-corrected chi connectivity index (χ1v) is 17.1. The summed E-state index contributed by atoms with van der Waals surface area (Å²) < 4.78 is 41.0. The number of carbonyl (C=O) groups is 2. The molecule has 10 heteroatoms. The van der Waals surface area contributed by atoms with E-state index in [0.717, 1.165) is 21.0 Å². The van der Waals surface area contributed by atoms with Crippen molar-refractivity contribution in [2.45, 2.75) is 57.6 Å². The van der Waals surface area contributed by atoms with Gasteiger partial charge in [0.25, 0.3) is 10.0 Å². The van der Waals surface area contributed by atoms with Crippen LogP contribution in [-0.4, -0.2) is 57.5 Å². The number of nitrogens with one attached hydrogen (secondary N) is 1. The smallest absolute Gasteiger partial charge is 0.264 e. The second kappa shape index (κ2) is 16.1. The Morgan fingerprint density at radius 2 is 1.51 bits per heavy atom. The van der Waals surface area contributed by atoms with Crippen LogP contribution in [0.3, 0.4) is 0 Å². The summed E-state index contributed by atoms with van der Waals surface area (Å²) in [5.41, 5.74) is 2.68. The van der Waals surface area contributed by atoms with E-state index >= 15 is 0 Å². The van der Waals surface area contributed by atoms with Crippen LogP contribution in [0.4, 0.5) is 5.69 Å². The van der Waals surface area contributed by atoms with Crippen LogP contribution in [0, 0.1) is 6.92 Å². The third-order valence-electron chi connectivity index (χ3n) is 7.51. The Hall–Kier alpha value is -4.83. The number of amides is 2. The van der Waals surface area contributed by atoms with Crippen molar-refractivity contribution in [3.05, 3.63) is 120 Å². The number of aryl methyl sites for hydroxylation is 1. The van der Waals surface area contributed by atoms with E-state index in [1.54, 1.807) is 62.6 Å². The van der Waals surface area contributed by atoms with Crippen LogP contribution >= 0.6 is 0 Å². The van der Waals surface area contributed by atoms with Crippen molar-refractivity contribution in [1.82, 2.24) is 10.2 Å². The number of methoxy groups -OCH3 is 1. The highest BCUT2D eigenvalue weighted by atomic mass is 32.2. The Balaban J connectivity index is 1.85. The molecular formula is C37H43N3O6S. The first kappa shape index (κ1) is 35.0. The van der Waals surface area contributed by atoms with Crippen molar-refractivity contribution in [2.24, 2.45) is 0 Å². The van der Waals surface area contributed by atoms with Gasteiger partial charge >= 0.3 is 0 Å². The van der Waals surface area contributed by atoms with Gasteiger partial charge in [-0.15, -0.1) is 0 Å². The summed E-state index contributed by atoms with van der Waals surface area (Å²) in [5, 5.41) is 2.97. The molecule has 47 heavy (non-hydrogen) atoms. The Labute approximate surface area is 278 Å². The number of sulfonamides is 1. The van der Waals surface area contributed by atoms with Crippen LogP contribution in [0.5, 0.6) is 11.5 Å². The molecule has 0 aromatic heterocycles. The third-order valence-corrected chi connectivity index (χ3v) is 9.28. The molecule has 4 rings (SSSR count). The second-order valence-electron chi connectivity index (χ2n) is 11.5. The van der Waals surface area contributed by atoms with E-state index in [0.29, 0.717) is 18.1 Å². The van der Waals surface area contributed by atoms with Gasteiger partial charge in [0.15, 0.2) is 0 Å². The number of hydrogen-bond acceptors (Lipinski definition) is 6. The molecule has 2 amide bonds. The Kier molecular flexibility index (Phi) is 12.0. The lowest BCUT2D eigenvalue weighted by molar-refractivity contribution is -0.140. The fraction of sp³-hybridized carbons (Fsp3) is 0.297. The number of para-hydroxylation sites is 2. The molecule has 4 aromatic carbocycles. The lowest BCUT2D eigenvalue weighted by atomic mass is 10.0. The molecular weight excluding hydrogens is 614 g/mol. The molecule has 0 heterocycles. The van der Waals surface area contributed by atoms with Gasteiger partial charge < -0.3 is 19.7 Å². The van der Waals surface area contributed by atoms with E-state index in [1.165, 1.54) is 17.0 Å². The van der Waals surface area contributed by atoms with Crippen molar-refractivity contribution in [2.75, 3.05) is 24.6 Å². The Morgan fingerprint density at radius 1 is 0.851 bits per heavy atom. The Morgan fingerprint density at radius 3 is 2.17 bits per heavy atom. The van der Waals surface area contributed by atoms with Crippen LogP contribution in [0.15, 0.2) is 108 Å². The zero-order valence-corrected chi connectivity index (χ0v) is 28.4. The molecule has 248 valence electrons. The lowest BCUT2D eigenvalue weighted by Gasteiger charge is -2.34. The number of nitrogens with zero attached hydrogens (tertiary/aromatic N) is 2. The van der Waals surface area contributed by atoms with E-state index in [4.69, 9.17) is 9.47 Å². The van der Waals surface area contributed by atoms with Gasteiger partial charge in [-0.3, -0.25) is 13.9 Å². The van der Waals surface area contributed by atoms with Gasteiger partial charge in [-0.1, -0.05) is 72.3 Å². The number of rotatable bonds is 15. The summed E-state index contributed by atoms with van der Waals surface area (Å²) in [6, 6.07) is 28.7. The van der Waals surface area contributed by atoms with E-state index in [-0.39, 0.29) is 35.5 Å². The summed E-state index contributed by atoms with van der Waals surface area (Å²) in [6.07, 6.45) is 0.218. The lowest BCUT2D eigenvalue weighted by Crippen LogP contribution is -2.54. The van der Waals surface area contributed by atoms with Crippen LogP contribution in [0.1, 0.15) is 37.5 Å². The molecule has 1 N–H and O–H groups in total. The Bertz CT molecular complexity index is 1740. The number of carbonyl (C=O) groups excluding carboxylic acids is 2. The molecule has 9 nitrogen and oxygen atoms in total. The van der Waals surface area contributed by atoms with Gasteiger partial charge in [-0.2, -0.15) is 0 Å². The molecule has 4 aromatic rings. The largest absolute Gasteiger partial charge is 0.497 e. The van der Waals surface area contributed by atoms with Crippen molar-refractivity contribution in [1.29, 1.82) is 0 Å². The minimum absolute atomic E-state index is 0.0277. The van der Waals surface area contributed by atoms with Crippen LogP contribution in [-0.2, 0) is 32.6 Å². The summed E-state index contributed by atoms with van der Waals surface area (Å²) in [5.74, 6) is 0.00368. The van der Waals surface area contributed by atoms with Gasteiger partial charge in [-0.05, 0) is 75.2 Å². The standard InChI is InChI=1S/C37H43N3O6S/c1-6-46-35-18-11-10-17-33(35)40(47(43,44)32-21-19-28(4)20-22-32)26-36(41)39(25-30-15-12-16-31(23-30)45-5)34(37(42)38-27(2)3)24-29-13-8-7-9-14-29/h7-23,27,34H,6,24-26H2,1-5H3,(H,38,42). The summed E-state index contributed by atoms with van der Waals surface area (Å²) in [6.45, 7) is 7.12. The second-order valence-corrected chi connectivity index (χ2v) is 13.3. The molecule has 0 fully saturated rings. The average Bonchev–Trinajstić information content (AvgIpc) is 3.06. The zero-order chi connectivity index (χ0) is 34.0. The maximum absolute atomic E-state index is 14.7. The zero-order valence-electron chi connectivity index (χ0n) is 27.6. The highest BCUT2D eigenvalue weighted by Gasteiger charge is 2.35. The minimum Gasteiger partial charge on any atom is -0.497 e. The van der Waals surface area contributed by atoms with Crippen molar-refractivity contribution < 1.29 is 27.5 Å². The van der Waals surface area contributed by atoms with E-state index in [1.807, 2.05) is 63.2 Å². The number of benzene rings is 4. The molecule has 0 radical (unpaired) electrons. The molecule has 0 aliphatic rings. The molecule has 0 aliphatic heterocycles. The van der Waals surface area contributed by atoms with Gasteiger partial charge in [-0.25, -0.2) is 8.42 Å². The quantitative estimate of drug-likeness (QED) is 0.174. The van der Waals surface area contributed by atoms with E-state index in [2.05, 4.69) is 5.32 Å². The van der Waals surface area contributed by atoms with Crippen LogP contribution < -0.4 is 19.1 Å². The summed E-state index contributed by atoms with van der Waals surface area (Å²) in [4.78, 5) is 30.0. The SMILES string of the molecule is CCOc1ccccc1N(CC(=O)N(Cc1cccc(OC)c1)C(Cc1ccccc1)C(=O)NC(C)C)S(=O)(=O)c1ccc(C)cc1. The first-order valence-electron chi connectivity index (χ1n) is 15.6. The van der Waals surface area contributed by atoms with E-state index in [9.17, 15) is 18.0 Å². The monoisotopic (exact) mass is 657 g/mol. The molecule has 1 unspecified atom stereocenters. The average molecular weight is 658 g/mol. The summed E-state index contributed by atoms with van der Waals surface area (Å²) in [7, 11) is -2.71. The number of hydrogen-bond donors (Lipinski definition) is 1. The third kappa shape index (κ3) is 9.13. The topological polar surface area (TPSA) is 105 Å². The van der Waals surface area contributed by atoms with Gasteiger partial charge in [0.2, 0.25) is 11.8 Å². The molecule has 0 aliphatic carbocycles. The molecule has 0 bridgehead atoms. The number of anilines is 1. The maximum Gasteiger partial charge on any atom is 0.264 e. The van der Waals surface area contributed by atoms with Gasteiger partial charge in [0.05, 0.1) is 24.3 Å². The van der Waals surface area contributed by atoms with E-state index < -0.39 is 28.5 Å². The molecule has 0 saturated heterocycles. The maximum atomic E-state index is 14.7. The predicted octanol–water partition coefficient (Wildman–Crippen LogP) is 5.76. The van der Waals surface area contributed by atoms with Crippen LogP contribution in [0.25, 0.3) is 0 Å². The predicted molar refractivity (Wildman–Crippen MR) is 184 cm³/mol. The first-order chi connectivity index (χ1) is 22.5. The highest BCUT2D eigenvalue weighted by Crippen LogP contribution is 2.33.